The van der Waals surface area contributed by atoms with Crippen molar-refractivity contribution < 1.29 is 9.53 Å². The lowest BCUT2D eigenvalue weighted by molar-refractivity contribution is -0.121. The Labute approximate surface area is 117 Å². The lowest BCUT2D eigenvalue weighted by Gasteiger charge is -2.14. The van der Waals surface area contributed by atoms with Crippen molar-refractivity contribution in [2.45, 2.75) is 33.3 Å². The Morgan fingerprint density at radius 3 is 2.95 bits per heavy atom. The molecule has 106 valence electrons. The Morgan fingerprint density at radius 2 is 2.25 bits per heavy atom. The second kappa shape index (κ2) is 4.86. The van der Waals surface area contributed by atoms with Crippen molar-refractivity contribution in [3.8, 4) is 0 Å². The van der Waals surface area contributed by atoms with Gasteiger partial charge in [0.25, 0.3) is 0 Å². The normalized spacial score (nSPS) is 22.4. The van der Waals surface area contributed by atoms with Gasteiger partial charge in [-0.25, -0.2) is 9.97 Å². The molecule has 3 rings (SSSR count). The van der Waals surface area contributed by atoms with E-state index in [1.807, 2.05) is 20.8 Å². The molecule has 1 aliphatic heterocycles. The van der Waals surface area contributed by atoms with Crippen LogP contribution >= 0.6 is 0 Å². The molecule has 0 aromatic carbocycles. The van der Waals surface area contributed by atoms with Crippen LogP contribution in [-0.4, -0.2) is 33.6 Å². The Kier molecular flexibility index (Phi) is 3.17. The van der Waals surface area contributed by atoms with Crippen LogP contribution in [0.1, 0.15) is 24.6 Å². The van der Waals surface area contributed by atoms with E-state index in [-0.39, 0.29) is 17.9 Å². The Morgan fingerprint density at radius 1 is 1.45 bits per heavy atom. The van der Waals surface area contributed by atoms with Crippen molar-refractivity contribution in [1.82, 2.24) is 15.0 Å². The Hall–Kier alpha value is -1.95. The number of hydrogen-bond acceptors (Lipinski definition) is 4. The zero-order valence-electron chi connectivity index (χ0n) is 11.9. The molecule has 1 amide bonds. The molecule has 6 nitrogen and oxygen atoms in total. The monoisotopic (exact) mass is 274 g/mol. The molecule has 3 heterocycles. The number of nitrogens with zero attached hydrogens (tertiary/aromatic N) is 2. The molecule has 1 aliphatic rings. The maximum atomic E-state index is 12.3. The van der Waals surface area contributed by atoms with Gasteiger partial charge < -0.3 is 15.0 Å². The topological polar surface area (TPSA) is 79.9 Å². The standard InChI is InChI=1S/C14H18N4O2/c1-7-8(2)17-12-11(7)13(16-6-15-12)18-14(19)10-4-5-20-9(10)3/h6,9-10H,4-5H2,1-3H3,(H2,15,16,17,18,19)/t9-,10+/m0/s1. The molecule has 0 radical (unpaired) electrons. The molecule has 2 atom stereocenters. The molecule has 1 fully saturated rings. The third kappa shape index (κ3) is 2.06. The van der Waals surface area contributed by atoms with E-state index in [1.54, 1.807) is 0 Å². The van der Waals surface area contributed by atoms with Crippen LogP contribution in [0.15, 0.2) is 6.33 Å². The summed E-state index contributed by atoms with van der Waals surface area (Å²) in [5.74, 6) is 0.426. The number of ether oxygens (including phenoxy) is 1. The summed E-state index contributed by atoms with van der Waals surface area (Å²) >= 11 is 0. The summed E-state index contributed by atoms with van der Waals surface area (Å²) in [6.07, 6.45) is 2.18. The summed E-state index contributed by atoms with van der Waals surface area (Å²) in [4.78, 5) is 23.9. The lowest BCUT2D eigenvalue weighted by Crippen LogP contribution is -2.28. The molecule has 2 aromatic rings. The highest BCUT2D eigenvalue weighted by Gasteiger charge is 2.31. The molecule has 0 bridgehead atoms. The van der Waals surface area contributed by atoms with E-state index in [0.717, 1.165) is 28.7 Å². The highest BCUT2D eigenvalue weighted by atomic mass is 16.5. The number of aryl methyl sites for hydroxylation is 2. The summed E-state index contributed by atoms with van der Waals surface area (Å²) in [5, 5.41) is 3.80. The number of nitrogens with one attached hydrogen (secondary N) is 2. The zero-order chi connectivity index (χ0) is 14.3. The quantitative estimate of drug-likeness (QED) is 0.877. The number of rotatable bonds is 2. The minimum absolute atomic E-state index is 0.0340. The average Bonchev–Trinajstić information content (AvgIpc) is 2.95. The number of carbonyl (C=O) groups excluding carboxylic acids is 1. The Balaban J connectivity index is 1.93. The number of aromatic nitrogens is 3. The number of H-pyrrole nitrogens is 1. The van der Waals surface area contributed by atoms with E-state index < -0.39 is 0 Å². The number of fused-ring (bicyclic) bond motifs is 1. The predicted octanol–water partition coefficient (Wildman–Crippen LogP) is 1.94. The van der Waals surface area contributed by atoms with Crippen molar-refractivity contribution in [3.05, 3.63) is 17.6 Å². The molecular weight excluding hydrogens is 256 g/mol. The Bertz CT molecular complexity index is 664. The second-order valence-electron chi connectivity index (χ2n) is 5.28. The molecule has 0 unspecified atom stereocenters. The van der Waals surface area contributed by atoms with Crippen LogP contribution in [0.4, 0.5) is 5.82 Å². The van der Waals surface area contributed by atoms with Gasteiger partial charge in [0, 0.05) is 12.3 Å². The van der Waals surface area contributed by atoms with Gasteiger partial charge in [-0.15, -0.1) is 0 Å². The summed E-state index contributed by atoms with van der Waals surface area (Å²) in [7, 11) is 0. The van der Waals surface area contributed by atoms with Crippen LogP contribution in [0.25, 0.3) is 11.0 Å². The van der Waals surface area contributed by atoms with Crippen molar-refractivity contribution in [2.24, 2.45) is 5.92 Å². The SMILES string of the molecule is Cc1[nH]c2ncnc(NC(=O)[C@@H]3CCO[C@H]3C)c2c1C. The van der Waals surface area contributed by atoms with E-state index in [0.29, 0.717) is 12.4 Å². The summed E-state index contributed by atoms with van der Waals surface area (Å²) < 4.78 is 5.44. The second-order valence-corrected chi connectivity index (χ2v) is 5.28. The van der Waals surface area contributed by atoms with Crippen molar-refractivity contribution in [3.63, 3.8) is 0 Å². The van der Waals surface area contributed by atoms with E-state index in [4.69, 9.17) is 4.74 Å². The molecule has 6 heteroatoms. The van der Waals surface area contributed by atoms with Crippen LogP contribution in [0.2, 0.25) is 0 Å². The molecule has 20 heavy (non-hydrogen) atoms. The largest absolute Gasteiger partial charge is 0.378 e. The minimum atomic E-state index is -0.111. The summed E-state index contributed by atoms with van der Waals surface area (Å²) in [6, 6.07) is 0. The van der Waals surface area contributed by atoms with Crippen LogP contribution in [-0.2, 0) is 9.53 Å². The maximum Gasteiger partial charge on any atom is 0.231 e. The highest BCUT2D eigenvalue weighted by Crippen LogP contribution is 2.27. The molecule has 0 saturated carbocycles. The van der Waals surface area contributed by atoms with Gasteiger partial charge in [-0.05, 0) is 32.8 Å². The van der Waals surface area contributed by atoms with Gasteiger partial charge in [-0.1, -0.05) is 0 Å². The fourth-order valence-electron chi connectivity index (χ4n) is 2.67. The fraction of sp³-hybridized carbons (Fsp3) is 0.500. The van der Waals surface area contributed by atoms with Crippen LogP contribution < -0.4 is 5.32 Å². The number of hydrogen-bond donors (Lipinski definition) is 2. The maximum absolute atomic E-state index is 12.3. The number of amides is 1. The molecular formula is C14H18N4O2. The van der Waals surface area contributed by atoms with Crippen LogP contribution in [0, 0.1) is 19.8 Å². The average molecular weight is 274 g/mol. The first-order valence-electron chi connectivity index (χ1n) is 6.80. The zero-order valence-corrected chi connectivity index (χ0v) is 11.9. The number of carbonyl (C=O) groups is 1. The number of aromatic amines is 1. The predicted molar refractivity (Wildman–Crippen MR) is 75.5 cm³/mol. The van der Waals surface area contributed by atoms with Gasteiger partial charge in [0.1, 0.15) is 17.8 Å². The van der Waals surface area contributed by atoms with Gasteiger partial charge in [-0.3, -0.25) is 4.79 Å². The van der Waals surface area contributed by atoms with Gasteiger partial charge >= 0.3 is 0 Å². The van der Waals surface area contributed by atoms with E-state index >= 15 is 0 Å². The van der Waals surface area contributed by atoms with Crippen LogP contribution in [0.5, 0.6) is 0 Å². The van der Waals surface area contributed by atoms with E-state index in [9.17, 15) is 4.79 Å². The number of anilines is 1. The van der Waals surface area contributed by atoms with Crippen LogP contribution in [0.3, 0.4) is 0 Å². The fourth-order valence-corrected chi connectivity index (χ4v) is 2.67. The van der Waals surface area contributed by atoms with Crippen molar-refractivity contribution >= 4 is 22.8 Å². The third-order valence-corrected chi connectivity index (χ3v) is 4.05. The van der Waals surface area contributed by atoms with E-state index in [1.165, 1.54) is 6.33 Å². The van der Waals surface area contributed by atoms with Gasteiger partial charge in [0.15, 0.2) is 0 Å². The molecule has 1 saturated heterocycles. The van der Waals surface area contributed by atoms with Gasteiger partial charge in [0.05, 0.1) is 17.4 Å². The summed E-state index contributed by atoms with van der Waals surface area (Å²) in [6.45, 7) is 6.54. The molecule has 2 aromatic heterocycles. The van der Waals surface area contributed by atoms with Crippen molar-refractivity contribution in [1.29, 1.82) is 0 Å². The third-order valence-electron chi connectivity index (χ3n) is 4.05. The smallest absolute Gasteiger partial charge is 0.231 e. The lowest BCUT2D eigenvalue weighted by atomic mass is 10.0. The molecule has 0 aliphatic carbocycles. The molecule has 0 spiro atoms. The van der Waals surface area contributed by atoms with E-state index in [2.05, 4.69) is 20.3 Å². The molecule has 2 N–H and O–H groups in total. The highest BCUT2D eigenvalue weighted by molar-refractivity contribution is 6.01. The first-order chi connectivity index (χ1) is 9.58. The first kappa shape index (κ1) is 13.1. The first-order valence-corrected chi connectivity index (χ1v) is 6.80. The van der Waals surface area contributed by atoms with Gasteiger partial charge in [0.2, 0.25) is 5.91 Å². The summed E-state index contributed by atoms with van der Waals surface area (Å²) in [5.41, 5.74) is 2.85. The van der Waals surface area contributed by atoms with Crippen molar-refractivity contribution in [2.75, 3.05) is 11.9 Å². The minimum Gasteiger partial charge on any atom is -0.378 e. The van der Waals surface area contributed by atoms with Gasteiger partial charge in [-0.2, -0.15) is 0 Å².